The number of carbonyl (C=O) groups excluding carboxylic acids is 2. The Morgan fingerprint density at radius 2 is 0.815 bits per heavy atom. The molecule has 1 aromatic heterocycles. The van der Waals surface area contributed by atoms with Crippen molar-refractivity contribution in [3.63, 3.8) is 0 Å². The molecule has 5 rings (SSSR count). The topological polar surface area (TPSA) is 146 Å². The number of hydrogen-bond donors (Lipinski definition) is 4. The van der Waals surface area contributed by atoms with Crippen molar-refractivity contribution in [2.75, 3.05) is 48.7 Å². The number of hydrogen-bond acceptors (Lipinski definition) is 13. The summed E-state index contributed by atoms with van der Waals surface area (Å²) in [6.07, 6.45) is 8.06. The fraction of sp³-hybridized carbons (Fsp3) is 0.900. The van der Waals surface area contributed by atoms with Crippen LogP contribution in [0.3, 0.4) is 0 Å². The molecule has 4 aliphatic heterocycles. The van der Waals surface area contributed by atoms with E-state index in [1.807, 2.05) is 4.90 Å². The molecule has 2 amide bonds. The quantitative estimate of drug-likeness (QED) is 0.135. The number of amides is 2. The van der Waals surface area contributed by atoms with Gasteiger partial charge in [0.1, 0.15) is 0 Å². The third-order valence-electron chi connectivity index (χ3n) is 14.2. The van der Waals surface area contributed by atoms with Gasteiger partial charge in [0.15, 0.2) is 0 Å². The molecule has 4 saturated heterocycles. The second-order valence-corrected chi connectivity index (χ2v) is 26.0. The number of nitrogens with one attached hydrogen (secondary N) is 4. The maximum absolute atomic E-state index is 14.3. The van der Waals surface area contributed by atoms with Crippen molar-refractivity contribution in [1.82, 2.24) is 46.0 Å². The Bertz CT molecular complexity index is 1760. The summed E-state index contributed by atoms with van der Waals surface area (Å²) in [6, 6.07) is -0.158. The third-order valence-corrected chi connectivity index (χ3v) is 14.2. The normalized spacial score (nSPS) is 24.7. The van der Waals surface area contributed by atoms with Crippen LogP contribution in [-0.2, 0) is 9.53 Å². The average Bonchev–Trinajstić information content (AvgIpc) is 3.08. The van der Waals surface area contributed by atoms with Gasteiger partial charge in [-0.3, -0.25) is 9.69 Å². The summed E-state index contributed by atoms with van der Waals surface area (Å²) in [6.45, 7) is 41.3. The number of unbranched alkanes of at least 4 members (excludes halogenated alkanes) is 1. The Kier molecular flexibility index (Phi) is 15.3. The van der Waals surface area contributed by atoms with Crippen molar-refractivity contribution >= 4 is 29.8 Å². The van der Waals surface area contributed by atoms with E-state index in [0.29, 0.717) is 24.5 Å². The zero-order valence-electron chi connectivity index (χ0n) is 44.8. The van der Waals surface area contributed by atoms with Crippen molar-refractivity contribution in [1.29, 1.82) is 0 Å². The highest BCUT2D eigenvalue weighted by Gasteiger charge is 2.48. The lowest BCUT2D eigenvalue weighted by Gasteiger charge is -2.53. The van der Waals surface area contributed by atoms with Crippen LogP contribution in [-0.4, -0.2) is 139 Å². The molecule has 0 radical (unpaired) electrons. The Hall–Kier alpha value is -3.01. The van der Waals surface area contributed by atoms with Crippen LogP contribution in [0.1, 0.15) is 189 Å². The molecule has 0 bridgehead atoms. The largest absolute Gasteiger partial charge is 0.453 e. The van der Waals surface area contributed by atoms with E-state index in [2.05, 4.69) is 166 Å². The molecule has 0 unspecified atom stereocenters. The summed E-state index contributed by atoms with van der Waals surface area (Å²) >= 11 is 0. The molecular weight excluding hydrogens is 817 g/mol. The number of carbonyl (C=O) groups is 2. The first kappa shape index (κ1) is 53.0. The summed E-state index contributed by atoms with van der Waals surface area (Å²) in [5, 5.41) is 15.5. The molecule has 0 saturated carbocycles. The van der Waals surface area contributed by atoms with Gasteiger partial charge in [-0.05, 0) is 169 Å². The second-order valence-electron chi connectivity index (χ2n) is 26.0. The van der Waals surface area contributed by atoms with E-state index in [1.165, 1.54) is 7.11 Å². The van der Waals surface area contributed by atoms with Crippen LogP contribution < -0.4 is 36.0 Å². The lowest BCUT2D eigenvalue weighted by Crippen LogP contribution is -2.66. The standard InChI is InChI=1S/C50H94N12O3/c1-21-22-23-58(19)39-51-40(60(36-26-45(7,8)55-46(9,10)27-36)32-59(34(2)63)35-24-43(3,4)54-44(5,6)25-35)53-41(52-39)61(37-28-47(11,12)56-48(13,14)29-37)33-62(42(64)65-20)38-30-49(15,16)57-50(17,18)31-38/h35-38,54-57H,21-33H2,1-20H3. The van der Waals surface area contributed by atoms with Gasteiger partial charge in [0.05, 0.1) is 20.4 Å². The van der Waals surface area contributed by atoms with Crippen molar-refractivity contribution in [3.05, 3.63) is 0 Å². The Balaban J connectivity index is 1.76. The monoisotopic (exact) mass is 911 g/mol. The predicted octanol–water partition coefficient (Wildman–Crippen LogP) is 7.79. The first-order chi connectivity index (χ1) is 29.5. The zero-order valence-corrected chi connectivity index (χ0v) is 44.8. The van der Waals surface area contributed by atoms with E-state index in [0.717, 1.165) is 70.8 Å². The molecule has 4 N–H and O–H groups in total. The fourth-order valence-electron chi connectivity index (χ4n) is 13.1. The summed E-state index contributed by atoms with van der Waals surface area (Å²) in [7, 11) is 3.56. The Morgan fingerprint density at radius 3 is 1.12 bits per heavy atom. The van der Waals surface area contributed by atoms with Crippen molar-refractivity contribution in [2.45, 2.75) is 257 Å². The van der Waals surface area contributed by atoms with E-state index >= 15 is 0 Å². The van der Waals surface area contributed by atoms with Crippen LogP contribution in [0.5, 0.6) is 0 Å². The SMILES string of the molecule is CCCCN(C)c1nc(N(CN(C(C)=O)C2CC(C)(C)NC(C)(C)C2)C2CC(C)(C)NC(C)(C)C2)nc(N(CN(C(=O)OC)C2CC(C)(C)NC(C)(C)C2)C2CC(C)(C)NC(C)(C)C2)n1. The van der Waals surface area contributed by atoms with Gasteiger partial charge in [-0.1, -0.05) is 13.3 Å². The maximum atomic E-state index is 14.3. The number of rotatable bonds is 14. The molecule has 5 heterocycles. The van der Waals surface area contributed by atoms with Crippen LogP contribution in [0.15, 0.2) is 0 Å². The summed E-state index contributed by atoms with van der Waals surface area (Å²) in [5.41, 5.74) is -1.58. The molecule has 1 aromatic rings. The van der Waals surface area contributed by atoms with Gasteiger partial charge in [-0.25, -0.2) is 4.79 Å². The first-order valence-corrected chi connectivity index (χ1v) is 24.8. The fourth-order valence-corrected chi connectivity index (χ4v) is 13.1. The smallest absolute Gasteiger partial charge is 0.411 e. The van der Waals surface area contributed by atoms with Crippen molar-refractivity contribution in [3.8, 4) is 0 Å². The van der Waals surface area contributed by atoms with Crippen LogP contribution in [0.2, 0.25) is 0 Å². The number of methoxy groups -OCH3 is 1. The van der Waals surface area contributed by atoms with Crippen LogP contribution in [0.25, 0.3) is 0 Å². The number of nitrogens with zero attached hydrogens (tertiary/aromatic N) is 8. The molecule has 372 valence electrons. The molecule has 4 aliphatic rings. The minimum absolute atomic E-state index is 0.000194. The number of anilines is 3. The summed E-state index contributed by atoms with van der Waals surface area (Å²) < 4.78 is 5.66. The summed E-state index contributed by atoms with van der Waals surface area (Å²) in [5.74, 6) is 1.71. The van der Waals surface area contributed by atoms with Gasteiger partial charge >= 0.3 is 6.09 Å². The number of aromatic nitrogens is 3. The lowest BCUT2D eigenvalue weighted by molar-refractivity contribution is -0.133. The number of ether oxygens (including phenoxy) is 1. The highest BCUT2D eigenvalue weighted by Crippen LogP contribution is 2.40. The van der Waals surface area contributed by atoms with Crippen molar-refractivity contribution < 1.29 is 14.3 Å². The highest BCUT2D eigenvalue weighted by atomic mass is 16.5. The molecule has 0 atom stereocenters. The molecule has 15 heteroatoms. The molecule has 0 aliphatic carbocycles. The van der Waals surface area contributed by atoms with Gasteiger partial charge < -0.3 is 45.6 Å². The van der Waals surface area contributed by atoms with Crippen LogP contribution >= 0.6 is 0 Å². The van der Waals surface area contributed by atoms with Gasteiger partial charge in [0.2, 0.25) is 23.8 Å². The lowest BCUT2D eigenvalue weighted by atomic mass is 9.78. The van der Waals surface area contributed by atoms with Gasteiger partial charge in [-0.2, -0.15) is 15.0 Å². The van der Waals surface area contributed by atoms with E-state index in [-0.39, 0.29) is 87.1 Å². The van der Waals surface area contributed by atoms with E-state index < -0.39 is 0 Å². The summed E-state index contributed by atoms with van der Waals surface area (Å²) in [4.78, 5) is 55.7. The minimum atomic E-state index is -0.360. The van der Waals surface area contributed by atoms with Crippen LogP contribution in [0.4, 0.5) is 22.6 Å². The number of piperidine rings is 4. The van der Waals surface area contributed by atoms with Gasteiger partial charge in [0.25, 0.3) is 0 Å². The first-order valence-electron chi connectivity index (χ1n) is 24.8. The van der Waals surface area contributed by atoms with Crippen LogP contribution in [0, 0.1) is 0 Å². The van der Waals surface area contributed by atoms with Crippen molar-refractivity contribution in [2.24, 2.45) is 0 Å². The van der Waals surface area contributed by atoms with E-state index in [4.69, 9.17) is 19.7 Å². The van der Waals surface area contributed by atoms with E-state index in [1.54, 1.807) is 6.92 Å². The molecular formula is C50H94N12O3. The molecule has 0 aromatic carbocycles. The molecule has 15 nitrogen and oxygen atoms in total. The minimum Gasteiger partial charge on any atom is -0.453 e. The van der Waals surface area contributed by atoms with Gasteiger partial charge in [-0.15, -0.1) is 0 Å². The van der Waals surface area contributed by atoms with E-state index in [9.17, 15) is 9.59 Å². The zero-order chi connectivity index (χ0) is 48.9. The molecule has 0 spiro atoms. The average molecular weight is 911 g/mol. The Labute approximate surface area is 395 Å². The van der Waals surface area contributed by atoms with Gasteiger partial charge in [0, 0.05) is 89.0 Å². The molecule has 65 heavy (non-hydrogen) atoms. The third kappa shape index (κ3) is 14.0. The predicted molar refractivity (Wildman–Crippen MR) is 267 cm³/mol. The Morgan fingerprint density at radius 1 is 0.523 bits per heavy atom. The second kappa shape index (κ2) is 18.8. The molecule has 4 fully saturated rings. The maximum Gasteiger partial charge on any atom is 0.411 e. The highest BCUT2D eigenvalue weighted by molar-refractivity contribution is 5.74.